The van der Waals surface area contributed by atoms with Gasteiger partial charge in [0.25, 0.3) is 11.6 Å². The van der Waals surface area contributed by atoms with Crippen molar-refractivity contribution in [3.63, 3.8) is 0 Å². The first-order chi connectivity index (χ1) is 12.4. The van der Waals surface area contributed by atoms with Crippen LogP contribution < -0.4 is 10.2 Å². The molecule has 1 amide bonds. The molecule has 0 radical (unpaired) electrons. The summed E-state index contributed by atoms with van der Waals surface area (Å²) < 4.78 is 1.16. The third kappa shape index (κ3) is 3.79. The SMILES string of the molecule is O=C(O)Cn1ccc(NC(=O)c2ccc(N3CCCC3)c([N+](=O)[O-])c2)n1. The molecule has 10 heteroatoms. The van der Waals surface area contributed by atoms with E-state index in [-0.39, 0.29) is 23.6 Å². The number of carboxylic acid groups (broad SMARTS) is 1. The van der Waals surface area contributed by atoms with Crippen LogP contribution in [0, 0.1) is 10.1 Å². The van der Waals surface area contributed by atoms with Gasteiger partial charge in [-0.2, -0.15) is 5.10 Å². The molecule has 1 aromatic carbocycles. The van der Waals surface area contributed by atoms with E-state index in [0.29, 0.717) is 5.69 Å². The van der Waals surface area contributed by atoms with Crippen molar-refractivity contribution in [1.82, 2.24) is 9.78 Å². The van der Waals surface area contributed by atoms with Gasteiger partial charge in [-0.15, -0.1) is 0 Å². The number of amides is 1. The number of hydrogen-bond donors (Lipinski definition) is 2. The molecule has 1 aliphatic rings. The molecule has 10 nitrogen and oxygen atoms in total. The Morgan fingerprint density at radius 3 is 2.65 bits per heavy atom. The predicted molar refractivity (Wildman–Crippen MR) is 92.4 cm³/mol. The van der Waals surface area contributed by atoms with E-state index in [9.17, 15) is 19.7 Å². The van der Waals surface area contributed by atoms with Gasteiger partial charge < -0.3 is 15.3 Å². The summed E-state index contributed by atoms with van der Waals surface area (Å²) in [6, 6.07) is 5.82. The number of nitro groups is 1. The largest absolute Gasteiger partial charge is 0.480 e. The van der Waals surface area contributed by atoms with E-state index in [1.54, 1.807) is 6.07 Å². The molecule has 2 aromatic rings. The van der Waals surface area contributed by atoms with E-state index in [1.165, 1.54) is 24.4 Å². The number of hydrogen-bond acceptors (Lipinski definition) is 6. The van der Waals surface area contributed by atoms with Crippen LogP contribution >= 0.6 is 0 Å². The maximum Gasteiger partial charge on any atom is 0.325 e. The molecule has 1 aromatic heterocycles. The Morgan fingerprint density at radius 2 is 2.00 bits per heavy atom. The van der Waals surface area contributed by atoms with E-state index >= 15 is 0 Å². The van der Waals surface area contributed by atoms with Crippen LogP contribution in [0.1, 0.15) is 23.2 Å². The smallest absolute Gasteiger partial charge is 0.325 e. The molecule has 2 N–H and O–H groups in total. The summed E-state index contributed by atoms with van der Waals surface area (Å²) in [4.78, 5) is 35.8. The second kappa shape index (κ2) is 7.21. The molecular formula is C16H17N5O5. The summed E-state index contributed by atoms with van der Waals surface area (Å²) in [5, 5.41) is 26.5. The van der Waals surface area contributed by atoms with Crippen LogP contribution in [0.2, 0.25) is 0 Å². The third-order valence-electron chi connectivity index (χ3n) is 4.06. The number of carboxylic acids is 1. The molecule has 2 heterocycles. The molecule has 0 unspecified atom stereocenters. The van der Waals surface area contributed by atoms with Gasteiger partial charge in [0.05, 0.1) is 4.92 Å². The lowest BCUT2D eigenvalue weighted by Gasteiger charge is -2.17. The fraction of sp³-hybridized carbons (Fsp3) is 0.312. The summed E-state index contributed by atoms with van der Waals surface area (Å²) in [5.74, 6) is -1.44. The van der Waals surface area contributed by atoms with Crippen LogP contribution in [0.4, 0.5) is 17.2 Å². The van der Waals surface area contributed by atoms with Gasteiger partial charge >= 0.3 is 5.97 Å². The van der Waals surface area contributed by atoms with Crippen molar-refractivity contribution in [3.05, 3.63) is 46.1 Å². The second-order valence-corrected chi connectivity index (χ2v) is 5.90. The molecule has 0 saturated carbocycles. The molecule has 1 aliphatic heterocycles. The Morgan fingerprint density at radius 1 is 1.27 bits per heavy atom. The molecule has 26 heavy (non-hydrogen) atoms. The van der Waals surface area contributed by atoms with Gasteiger partial charge in [-0.05, 0) is 25.0 Å². The highest BCUT2D eigenvalue weighted by Gasteiger charge is 2.24. The fourth-order valence-electron chi connectivity index (χ4n) is 2.88. The molecule has 0 atom stereocenters. The Hall–Kier alpha value is -3.43. The van der Waals surface area contributed by atoms with Crippen molar-refractivity contribution in [3.8, 4) is 0 Å². The summed E-state index contributed by atoms with van der Waals surface area (Å²) in [5.41, 5.74) is 0.526. The quantitative estimate of drug-likeness (QED) is 0.593. The molecule has 0 spiro atoms. The van der Waals surface area contributed by atoms with Crippen molar-refractivity contribution < 1.29 is 19.6 Å². The van der Waals surface area contributed by atoms with Crippen LogP contribution in [0.3, 0.4) is 0 Å². The molecule has 1 saturated heterocycles. The number of nitro benzene ring substituents is 1. The van der Waals surface area contributed by atoms with E-state index in [2.05, 4.69) is 10.4 Å². The highest BCUT2D eigenvalue weighted by atomic mass is 16.6. The number of rotatable bonds is 6. The van der Waals surface area contributed by atoms with Crippen molar-refractivity contribution in [2.75, 3.05) is 23.3 Å². The van der Waals surface area contributed by atoms with E-state index in [4.69, 9.17) is 5.11 Å². The van der Waals surface area contributed by atoms with Gasteiger partial charge in [0.2, 0.25) is 0 Å². The average molecular weight is 359 g/mol. The molecular weight excluding hydrogens is 342 g/mol. The van der Waals surface area contributed by atoms with E-state index in [0.717, 1.165) is 30.6 Å². The lowest BCUT2D eigenvalue weighted by molar-refractivity contribution is -0.384. The molecule has 0 bridgehead atoms. The second-order valence-electron chi connectivity index (χ2n) is 5.90. The topological polar surface area (TPSA) is 131 Å². The molecule has 136 valence electrons. The lowest BCUT2D eigenvalue weighted by Crippen LogP contribution is -2.20. The first-order valence-electron chi connectivity index (χ1n) is 8.04. The number of carbonyl (C=O) groups is 2. The fourth-order valence-corrected chi connectivity index (χ4v) is 2.88. The maximum atomic E-state index is 12.3. The zero-order chi connectivity index (χ0) is 18.7. The van der Waals surface area contributed by atoms with E-state index < -0.39 is 16.8 Å². The zero-order valence-corrected chi connectivity index (χ0v) is 13.8. The van der Waals surface area contributed by atoms with Gasteiger partial charge in [0.1, 0.15) is 12.2 Å². The van der Waals surface area contributed by atoms with Gasteiger partial charge in [0, 0.05) is 37.0 Å². The monoisotopic (exact) mass is 359 g/mol. The lowest BCUT2D eigenvalue weighted by atomic mass is 10.1. The summed E-state index contributed by atoms with van der Waals surface area (Å²) in [6.07, 6.45) is 3.39. The molecule has 0 aliphatic carbocycles. The number of anilines is 2. The van der Waals surface area contributed by atoms with Crippen molar-refractivity contribution in [1.29, 1.82) is 0 Å². The highest BCUT2D eigenvalue weighted by molar-refractivity contribution is 6.04. The number of nitrogens with one attached hydrogen (secondary N) is 1. The number of benzene rings is 1. The summed E-state index contributed by atoms with van der Waals surface area (Å²) in [7, 11) is 0. The summed E-state index contributed by atoms with van der Waals surface area (Å²) in [6.45, 7) is 1.19. The van der Waals surface area contributed by atoms with Gasteiger partial charge in [-0.25, -0.2) is 0 Å². The van der Waals surface area contributed by atoms with Crippen molar-refractivity contribution in [2.24, 2.45) is 0 Å². The Balaban J connectivity index is 1.78. The number of carbonyl (C=O) groups excluding carboxylic acids is 1. The minimum atomic E-state index is -1.06. The predicted octanol–water partition coefficient (Wildman–Crippen LogP) is 1.73. The van der Waals surface area contributed by atoms with Crippen LogP contribution in [-0.4, -0.2) is 44.8 Å². The standard InChI is InChI=1S/C16H17N5O5/c22-15(23)10-20-8-5-14(18-20)17-16(24)11-3-4-12(13(9-11)21(25)26)19-6-1-2-7-19/h3-5,8-9H,1-2,6-7,10H2,(H,22,23)(H,17,18,24). The first-order valence-corrected chi connectivity index (χ1v) is 8.04. The Labute approximate surface area is 148 Å². The minimum absolute atomic E-state index is 0.115. The highest BCUT2D eigenvalue weighted by Crippen LogP contribution is 2.31. The Bertz CT molecular complexity index is 856. The number of nitrogens with zero attached hydrogens (tertiary/aromatic N) is 4. The minimum Gasteiger partial charge on any atom is -0.480 e. The van der Waals surface area contributed by atoms with Crippen molar-refractivity contribution in [2.45, 2.75) is 19.4 Å². The molecule has 3 rings (SSSR count). The first kappa shape index (κ1) is 17.4. The van der Waals surface area contributed by atoms with Crippen LogP contribution in [0.25, 0.3) is 0 Å². The number of aliphatic carboxylic acids is 1. The average Bonchev–Trinajstić information content (AvgIpc) is 3.25. The zero-order valence-electron chi connectivity index (χ0n) is 13.8. The normalized spacial score (nSPS) is 13.6. The summed E-state index contributed by atoms with van der Waals surface area (Å²) >= 11 is 0. The van der Waals surface area contributed by atoms with Gasteiger partial charge in [0.15, 0.2) is 5.82 Å². The van der Waals surface area contributed by atoms with E-state index in [1.807, 2.05) is 4.90 Å². The van der Waals surface area contributed by atoms with Crippen LogP contribution in [-0.2, 0) is 11.3 Å². The molecule has 1 fully saturated rings. The third-order valence-corrected chi connectivity index (χ3v) is 4.06. The number of aromatic nitrogens is 2. The Kier molecular flexibility index (Phi) is 4.83. The maximum absolute atomic E-state index is 12.3. The van der Waals surface area contributed by atoms with Crippen LogP contribution in [0.15, 0.2) is 30.5 Å². The van der Waals surface area contributed by atoms with Gasteiger partial charge in [-0.3, -0.25) is 24.4 Å². The van der Waals surface area contributed by atoms with Gasteiger partial charge in [-0.1, -0.05) is 0 Å². The van der Waals surface area contributed by atoms with Crippen molar-refractivity contribution >= 4 is 29.1 Å². The van der Waals surface area contributed by atoms with Crippen LogP contribution in [0.5, 0.6) is 0 Å².